The molecule has 6 heteroatoms. The largest absolute Gasteiger partial charge is 0.366 e. The Morgan fingerprint density at radius 3 is 3.25 bits per heavy atom. The number of amides is 1. The molecule has 1 aliphatic rings. The number of anilines is 1. The van der Waals surface area contributed by atoms with Gasteiger partial charge >= 0.3 is 0 Å². The van der Waals surface area contributed by atoms with E-state index in [1.165, 1.54) is 6.20 Å². The summed E-state index contributed by atoms with van der Waals surface area (Å²) >= 11 is 5.78. The molecule has 0 bridgehead atoms. The first kappa shape index (κ1) is 11.3. The Kier molecular flexibility index (Phi) is 3.71. The minimum absolute atomic E-state index is 0.207. The minimum atomic E-state index is -0.463. The third-order valence-corrected chi connectivity index (χ3v) is 2.43. The summed E-state index contributed by atoms with van der Waals surface area (Å²) in [5.74, 6) is 0.230. The van der Waals surface area contributed by atoms with Crippen LogP contribution in [0.4, 0.5) is 5.82 Å². The zero-order chi connectivity index (χ0) is 11.4. The van der Waals surface area contributed by atoms with E-state index in [1.54, 1.807) is 12.1 Å². The molecule has 1 atom stereocenters. The first-order valence-corrected chi connectivity index (χ1v) is 5.38. The molecule has 1 unspecified atom stereocenters. The number of morpholine rings is 1. The van der Waals surface area contributed by atoms with Crippen molar-refractivity contribution in [3.05, 3.63) is 23.4 Å². The second-order valence-electron chi connectivity index (χ2n) is 3.41. The van der Waals surface area contributed by atoms with Gasteiger partial charge in [-0.1, -0.05) is 11.6 Å². The highest BCUT2D eigenvalue weighted by atomic mass is 35.5. The number of hydrogen-bond acceptors (Lipinski definition) is 4. The molecule has 1 amide bonds. The number of pyridine rings is 1. The summed E-state index contributed by atoms with van der Waals surface area (Å²) in [7, 11) is 0. The Labute approximate surface area is 98.1 Å². The van der Waals surface area contributed by atoms with Crippen molar-refractivity contribution in [3.8, 4) is 0 Å². The van der Waals surface area contributed by atoms with Gasteiger partial charge in [0.1, 0.15) is 11.9 Å². The van der Waals surface area contributed by atoms with Gasteiger partial charge in [0.15, 0.2) is 0 Å². The van der Waals surface area contributed by atoms with Crippen LogP contribution in [0.25, 0.3) is 0 Å². The third kappa shape index (κ3) is 2.91. The average Bonchev–Trinajstić information content (AvgIpc) is 2.30. The molecular formula is C10H12ClN3O2. The monoisotopic (exact) mass is 241 g/mol. The van der Waals surface area contributed by atoms with Crippen LogP contribution in [-0.2, 0) is 9.53 Å². The standard InChI is InChI=1S/C10H12ClN3O2/c11-7-1-2-13-9(5-7)14-10(15)8-6-12-3-4-16-8/h1-2,5,8,12H,3-4,6H2,(H,13,14,15). The lowest BCUT2D eigenvalue weighted by molar-refractivity contribution is -0.128. The Bertz CT molecular complexity index is 380. The van der Waals surface area contributed by atoms with Gasteiger partial charge in [0.25, 0.3) is 5.91 Å². The van der Waals surface area contributed by atoms with Crippen molar-refractivity contribution < 1.29 is 9.53 Å². The molecule has 1 aliphatic heterocycles. The van der Waals surface area contributed by atoms with Crippen LogP contribution in [-0.4, -0.2) is 36.7 Å². The summed E-state index contributed by atoms with van der Waals surface area (Å²) in [5, 5.41) is 6.27. The van der Waals surface area contributed by atoms with Crippen LogP contribution in [0, 0.1) is 0 Å². The summed E-state index contributed by atoms with van der Waals surface area (Å²) < 4.78 is 5.31. The Hall–Kier alpha value is -1.17. The van der Waals surface area contributed by atoms with Gasteiger partial charge in [-0.25, -0.2) is 4.98 Å². The highest BCUT2D eigenvalue weighted by Crippen LogP contribution is 2.12. The number of hydrogen-bond donors (Lipinski definition) is 2. The highest BCUT2D eigenvalue weighted by Gasteiger charge is 2.21. The summed E-state index contributed by atoms with van der Waals surface area (Å²) in [4.78, 5) is 15.7. The fraction of sp³-hybridized carbons (Fsp3) is 0.400. The average molecular weight is 242 g/mol. The maximum absolute atomic E-state index is 11.7. The van der Waals surface area contributed by atoms with E-state index in [1.807, 2.05) is 0 Å². The number of rotatable bonds is 2. The number of carbonyl (C=O) groups excluding carboxylic acids is 1. The van der Waals surface area contributed by atoms with Crippen LogP contribution in [0.5, 0.6) is 0 Å². The van der Waals surface area contributed by atoms with Crippen LogP contribution in [0.2, 0.25) is 5.02 Å². The normalized spacial score (nSPS) is 20.4. The molecule has 0 spiro atoms. The van der Waals surface area contributed by atoms with Gasteiger partial charge in [0, 0.05) is 24.3 Å². The van der Waals surface area contributed by atoms with Crippen molar-refractivity contribution in [2.45, 2.75) is 6.10 Å². The smallest absolute Gasteiger partial charge is 0.255 e. The van der Waals surface area contributed by atoms with Crippen molar-refractivity contribution >= 4 is 23.3 Å². The van der Waals surface area contributed by atoms with E-state index in [2.05, 4.69) is 15.6 Å². The fourth-order valence-corrected chi connectivity index (χ4v) is 1.57. The third-order valence-electron chi connectivity index (χ3n) is 2.19. The summed E-state index contributed by atoms with van der Waals surface area (Å²) in [6.07, 6.45) is 1.08. The quantitative estimate of drug-likeness (QED) is 0.799. The van der Waals surface area contributed by atoms with Gasteiger partial charge in [0.05, 0.1) is 6.61 Å². The number of aromatic nitrogens is 1. The Morgan fingerprint density at radius 2 is 2.56 bits per heavy atom. The van der Waals surface area contributed by atoms with Crippen LogP contribution in [0.15, 0.2) is 18.3 Å². The van der Waals surface area contributed by atoms with E-state index >= 15 is 0 Å². The number of nitrogens with zero attached hydrogens (tertiary/aromatic N) is 1. The van der Waals surface area contributed by atoms with Gasteiger partial charge in [-0.3, -0.25) is 4.79 Å². The zero-order valence-corrected chi connectivity index (χ0v) is 9.33. The molecule has 86 valence electrons. The molecule has 1 aromatic heterocycles. The van der Waals surface area contributed by atoms with Crippen LogP contribution < -0.4 is 10.6 Å². The second-order valence-corrected chi connectivity index (χ2v) is 3.85. The van der Waals surface area contributed by atoms with Crippen molar-refractivity contribution in [1.82, 2.24) is 10.3 Å². The Morgan fingerprint density at radius 1 is 1.69 bits per heavy atom. The molecule has 1 aromatic rings. The summed E-state index contributed by atoms with van der Waals surface area (Å²) in [5.41, 5.74) is 0. The van der Waals surface area contributed by atoms with Crippen molar-refractivity contribution in [2.24, 2.45) is 0 Å². The molecule has 0 aliphatic carbocycles. The second kappa shape index (κ2) is 5.25. The first-order valence-electron chi connectivity index (χ1n) is 5.00. The van der Waals surface area contributed by atoms with E-state index < -0.39 is 6.10 Å². The molecule has 2 rings (SSSR count). The zero-order valence-electron chi connectivity index (χ0n) is 8.57. The maximum atomic E-state index is 11.7. The van der Waals surface area contributed by atoms with Crippen LogP contribution in [0.1, 0.15) is 0 Å². The molecule has 5 nitrogen and oxygen atoms in total. The van der Waals surface area contributed by atoms with Gasteiger partial charge in [-0.15, -0.1) is 0 Å². The van der Waals surface area contributed by atoms with Crippen LogP contribution >= 0.6 is 11.6 Å². The van der Waals surface area contributed by atoms with Crippen molar-refractivity contribution in [2.75, 3.05) is 25.0 Å². The van der Waals surface area contributed by atoms with E-state index in [-0.39, 0.29) is 5.91 Å². The van der Waals surface area contributed by atoms with Gasteiger partial charge in [-0.2, -0.15) is 0 Å². The predicted molar refractivity (Wildman–Crippen MR) is 60.5 cm³/mol. The number of ether oxygens (including phenoxy) is 1. The van der Waals surface area contributed by atoms with E-state index in [4.69, 9.17) is 16.3 Å². The molecule has 0 saturated carbocycles. The first-order chi connectivity index (χ1) is 7.75. The molecule has 0 aromatic carbocycles. The number of carbonyl (C=O) groups is 1. The van der Waals surface area contributed by atoms with Gasteiger partial charge in [0.2, 0.25) is 0 Å². The fourth-order valence-electron chi connectivity index (χ4n) is 1.41. The number of nitrogens with one attached hydrogen (secondary N) is 2. The maximum Gasteiger partial charge on any atom is 0.255 e. The molecular weight excluding hydrogens is 230 g/mol. The lowest BCUT2D eigenvalue weighted by Crippen LogP contribution is -2.45. The van der Waals surface area contributed by atoms with E-state index in [0.29, 0.717) is 24.0 Å². The van der Waals surface area contributed by atoms with Crippen molar-refractivity contribution in [1.29, 1.82) is 0 Å². The SMILES string of the molecule is O=C(Nc1cc(Cl)ccn1)C1CNCCO1. The van der Waals surface area contributed by atoms with E-state index in [9.17, 15) is 4.79 Å². The van der Waals surface area contributed by atoms with Crippen LogP contribution in [0.3, 0.4) is 0 Å². The molecule has 1 saturated heterocycles. The van der Waals surface area contributed by atoms with Gasteiger partial charge < -0.3 is 15.4 Å². The summed E-state index contributed by atoms with van der Waals surface area (Å²) in [6.45, 7) is 1.84. The molecule has 0 radical (unpaired) electrons. The lowest BCUT2D eigenvalue weighted by atomic mass is 10.3. The van der Waals surface area contributed by atoms with Crippen molar-refractivity contribution in [3.63, 3.8) is 0 Å². The number of halogens is 1. The topological polar surface area (TPSA) is 63.2 Å². The lowest BCUT2D eigenvalue weighted by Gasteiger charge is -2.22. The molecule has 1 fully saturated rings. The Balaban J connectivity index is 1.96. The minimum Gasteiger partial charge on any atom is -0.366 e. The predicted octanol–water partition coefficient (Wildman–Crippen LogP) is 0.662. The highest BCUT2D eigenvalue weighted by molar-refractivity contribution is 6.30. The summed E-state index contributed by atoms with van der Waals surface area (Å²) in [6, 6.07) is 3.24. The van der Waals surface area contributed by atoms with E-state index in [0.717, 1.165) is 6.54 Å². The molecule has 2 heterocycles. The molecule has 16 heavy (non-hydrogen) atoms. The molecule has 2 N–H and O–H groups in total. The van der Waals surface area contributed by atoms with Gasteiger partial charge in [-0.05, 0) is 12.1 Å².